The van der Waals surface area contributed by atoms with E-state index < -0.39 is 42.3 Å². The smallest absolute Gasteiger partial charge is 0.351 e. The second-order valence-corrected chi connectivity index (χ2v) is 8.76. The molecule has 2 heterocycles. The van der Waals surface area contributed by atoms with Crippen molar-refractivity contribution in [1.82, 2.24) is 9.55 Å². The van der Waals surface area contributed by atoms with E-state index in [-0.39, 0.29) is 12.4 Å². The third-order valence-electron chi connectivity index (χ3n) is 5.61. The fourth-order valence-electron chi connectivity index (χ4n) is 3.79. The van der Waals surface area contributed by atoms with E-state index in [1.165, 1.54) is 18.3 Å². The first-order valence-corrected chi connectivity index (χ1v) is 11.5. The minimum absolute atomic E-state index is 0.0443. The Labute approximate surface area is 215 Å². The highest BCUT2D eigenvalue weighted by Gasteiger charge is 2.59. The molecule has 0 unspecified atom stereocenters. The molecule has 4 rings (SSSR count). The van der Waals surface area contributed by atoms with Gasteiger partial charge in [-0.25, -0.2) is 9.18 Å². The molecule has 2 N–H and O–H groups in total. The number of amides is 1. The van der Waals surface area contributed by atoms with Gasteiger partial charge in [0.05, 0.1) is 13.2 Å². The lowest BCUT2D eigenvalue weighted by Crippen LogP contribution is -2.45. The second kappa shape index (κ2) is 10.8. The van der Waals surface area contributed by atoms with Gasteiger partial charge in [0, 0.05) is 21.8 Å². The van der Waals surface area contributed by atoms with Crippen LogP contribution in [0.5, 0.6) is 0 Å². The molecule has 1 amide bonds. The van der Waals surface area contributed by atoms with Gasteiger partial charge in [-0.05, 0) is 35.9 Å². The van der Waals surface area contributed by atoms with Crippen LogP contribution in [0.4, 0.5) is 10.2 Å². The average molecular weight is 532 g/mol. The van der Waals surface area contributed by atoms with Crippen LogP contribution in [0, 0.1) is 12.3 Å². The number of benzene rings is 2. The third-order valence-corrected chi connectivity index (χ3v) is 6.20. The number of halogens is 3. The number of nitrogens with one attached hydrogen (secondary N) is 1. The van der Waals surface area contributed by atoms with Crippen molar-refractivity contribution in [3.63, 3.8) is 0 Å². The Morgan fingerprint density at radius 2 is 2.03 bits per heavy atom. The van der Waals surface area contributed by atoms with E-state index in [9.17, 15) is 14.7 Å². The minimum atomic E-state index is -2.65. The molecule has 0 aliphatic carbocycles. The number of aliphatic hydroxyl groups is 1. The molecule has 0 spiro atoms. The predicted molar refractivity (Wildman–Crippen MR) is 132 cm³/mol. The number of hydrogen-bond acceptors (Lipinski definition) is 6. The van der Waals surface area contributed by atoms with Gasteiger partial charge < -0.3 is 19.9 Å². The molecular formula is C25H20Cl2FN3O5. The van der Waals surface area contributed by atoms with E-state index in [0.29, 0.717) is 21.2 Å². The first-order chi connectivity index (χ1) is 17.3. The molecule has 0 radical (unpaired) electrons. The second-order valence-electron chi connectivity index (χ2n) is 7.91. The van der Waals surface area contributed by atoms with Crippen LogP contribution >= 0.6 is 23.2 Å². The van der Waals surface area contributed by atoms with Gasteiger partial charge in [-0.15, -0.1) is 6.42 Å². The van der Waals surface area contributed by atoms with E-state index in [1.54, 1.807) is 42.5 Å². The molecule has 1 aromatic heterocycles. The highest BCUT2D eigenvalue weighted by Crippen LogP contribution is 2.43. The summed E-state index contributed by atoms with van der Waals surface area (Å²) in [5.74, 6) is 1.50. The highest BCUT2D eigenvalue weighted by atomic mass is 35.5. The van der Waals surface area contributed by atoms with Crippen LogP contribution in [0.3, 0.4) is 0 Å². The fraction of sp³-hybridized carbons (Fsp3) is 0.240. The van der Waals surface area contributed by atoms with Gasteiger partial charge in [0.2, 0.25) is 5.67 Å². The zero-order chi connectivity index (χ0) is 25.9. The summed E-state index contributed by atoms with van der Waals surface area (Å²) in [4.78, 5) is 28.9. The summed E-state index contributed by atoms with van der Waals surface area (Å²) in [7, 11) is 0. The number of alkyl halides is 1. The number of ether oxygens (including phenoxy) is 2. The Hall–Kier alpha value is -3.26. The molecule has 1 fully saturated rings. The molecule has 0 bridgehead atoms. The number of carbonyl (C=O) groups excluding carboxylic acids is 1. The molecule has 3 aromatic rings. The summed E-state index contributed by atoms with van der Waals surface area (Å²) >= 11 is 12.1. The lowest BCUT2D eigenvalue weighted by Gasteiger charge is -2.27. The number of terminal acetylenes is 1. The van der Waals surface area contributed by atoms with Gasteiger partial charge in [-0.3, -0.25) is 9.36 Å². The number of aliphatic hydroxyl groups excluding tert-OH is 1. The summed E-state index contributed by atoms with van der Waals surface area (Å²) in [6, 6.07) is 14.3. The van der Waals surface area contributed by atoms with Crippen molar-refractivity contribution in [1.29, 1.82) is 0 Å². The van der Waals surface area contributed by atoms with Gasteiger partial charge in [-0.1, -0.05) is 53.4 Å². The molecule has 186 valence electrons. The van der Waals surface area contributed by atoms with Gasteiger partial charge >= 0.3 is 5.69 Å². The van der Waals surface area contributed by atoms with Gasteiger partial charge in [0.25, 0.3) is 5.91 Å². The average Bonchev–Trinajstić information content (AvgIpc) is 3.16. The molecule has 1 aliphatic rings. The number of anilines is 1. The first-order valence-electron chi connectivity index (χ1n) is 10.7. The standard InChI is InChI=1S/C25H20Cl2FN3O5/c1-2-25(28)21(35-14-16-8-9-17(26)12-18(16)27)19(13-32)36-23(25)31-11-10-20(30-24(31)34)29-22(33)15-6-4-3-5-7-15/h1,3-12,19,21,23,32H,13-14H2,(H,29,30,33,34)/t19-,21-,23-,25+/m1/s1. The van der Waals surface area contributed by atoms with E-state index in [0.717, 1.165) is 4.57 Å². The predicted octanol–water partition coefficient (Wildman–Crippen LogP) is 3.62. The Morgan fingerprint density at radius 3 is 2.67 bits per heavy atom. The van der Waals surface area contributed by atoms with Crippen molar-refractivity contribution in [2.75, 3.05) is 11.9 Å². The lowest BCUT2D eigenvalue weighted by atomic mass is 9.96. The molecule has 8 nitrogen and oxygen atoms in total. The van der Waals surface area contributed by atoms with Crippen LogP contribution in [0.25, 0.3) is 0 Å². The number of carbonyl (C=O) groups is 1. The van der Waals surface area contributed by atoms with Crippen molar-refractivity contribution in [2.45, 2.75) is 30.7 Å². The third kappa shape index (κ3) is 5.14. The van der Waals surface area contributed by atoms with Crippen LogP contribution in [-0.2, 0) is 16.1 Å². The van der Waals surface area contributed by atoms with Crippen LogP contribution in [0.2, 0.25) is 10.0 Å². The van der Waals surface area contributed by atoms with Crippen molar-refractivity contribution in [3.8, 4) is 12.3 Å². The van der Waals surface area contributed by atoms with Crippen LogP contribution in [-0.4, -0.2) is 45.0 Å². The van der Waals surface area contributed by atoms with Crippen molar-refractivity contribution < 1.29 is 23.8 Å². The van der Waals surface area contributed by atoms with E-state index in [1.807, 2.05) is 5.92 Å². The summed E-state index contributed by atoms with van der Waals surface area (Å²) in [5.41, 5.74) is -2.70. The van der Waals surface area contributed by atoms with Crippen molar-refractivity contribution in [2.24, 2.45) is 0 Å². The maximum absolute atomic E-state index is 16.2. The van der Waals surface area contributed by atoms with Crippen LogP contribution in [0.1, 0.15) is 22.1 Å². The molecule has 1 saturated heterocycles. The van der Waals surface area contributed by atoms with Crippen molar-refractivity contribution >= 4 is 34.9 Å². The molecule has 4 atom stereocenters. The molecule has 11 heteroatoms. The summed E-state index contributed by atoms with van der Waals surface area (Å²) < 4.78 is 28.3. The molecular weight excluding hydrogens is 512 g/mol. The molecule has 2 aromatic carbocycles. The Bertz CT molecular complexity index is 1360. The maximum atomic E-state index is 16.2. The zero-order valence-electron chi connectivity index (χ0n) is 18.6. The Morgan fingerprint density at radius 1 is 1.28 bits per heavy atom. The quantitative estimate of drug-likeness (QED) is 0.451. The molecule has 36 heavy (non-hydrogen) atoms. The van der Waals surface area contributed by atoms with E-state index in [2.05, 4.69) is 10.3 Å². The number of aromatic nitrogens is 2. The van der Waals surface area contributed by atoms with Crippen LogP contribution in [0.15, 0.2) is 65.6 Å². The summed E-state index contributed by atoms with van der Waals surface area (Å²) in [6.07, 6.45) is 2.45. The zero-order valence-corrected chi connectivity index (χ0v) is 20.1. The normalized spacial score (nSPS) is 23.2. The van der Waals surface area contributed by atoms with Gasteiger partial charge in [0.1, 0.15) is 18.0 Å². The number of nitrogens with zero attached hydrogens (tertiary/aromatic N) is 2. The topological polar surface area (TPSA) is 103 Å². The maximum Gasteiger partial charge on any atom is 0.351 e. The van der Waals surface area contributed by atoms with Gasteiger partial charge in [0.15, 0.2) is 6.23 Å². The Balaban J connectivity index is 1.56. The number of rotatable bonds is 7. The first kappa shape index (κ1) is 25.8. The Kier molecular flexibility index (Phi) is 7.73. The summed E-state index contributed by atoms with van der Waals surface area (Å²) in [6.45, 7) is -0.783. The molecule has 1 aliphatic heterocycles. The number of hydrogen-bond donors (Lipinski definition) is 2. The van der Waals surface area contributed by atoms with E-state index >= 15 is 4.39 Å². The monoisotopic (exact) mass is 531 g/mol. The highest BCUT2D eigenvalue weighted by molar-refractivity contribution is 6.35. The van der Waals surface area contributed by atoms with Crippen molar-refractivity contribution in [3.05, 3.63) is 92.5 Å². The van der Waals surface area contributed by atoms with Crippen LogP contribution < -0.4 is 11.0 Å². The SMILES string of the molecule is C#C[C@]1(F)[C@H](OCc2ccc(Cl)cc2Cl)[C@@H](CO)O[C@H]1n1ccc(NC(=O)c2ccccc2)nc1=O. The molecule has 0 saturated carbocycles. The fourth-order valence-corrected chi connectivity index (χ4v) is 4.26. The minimum Gasteiger partial charge on any atom is -0.394 e. The summed E-state index contributed by atoms with van der Waals surface area (Å²) in [5, 5.41) is 13.0. The lowest BCUT2D eigenvalue weighted by molar-refractivity contribution is -0.0660. The van der Waals surface area contributed by atoms with Gasteiger partial charge in [-0.2, -0.15) is 4.98 Å². The van der Waals surface area contributed by atoms with E-state index in [4.69, 9.17) is 39.1 Å². The largest absolute Gasteiger partial charge is 0.394 e.